The molecule has 1 saturated carbocycles. The second kappa shape index (κ2) is 8.29. The van der Waals surface area contributed by atoms with Gasteiger partial charge in [0.25, 0.3) is 5.91 Å². The summed E-state index contributed by atoms with van der Waals surface area (Å²) >= 11 is 0. The number of rotatable bonds is 5. The highest BCUT2D eigenvalue weighted by atomic mass is 19.1. The fourth-order valence-electron chi connectivity index (χ4n) is 3.68. The van der Waals surface area contributed by atoms with Crippen LogP contribution < -0.4 is 20.3 Å². The molecule has 28 heavy (non-hydrogen) atoms. The molecule has 2 aromatic rings. The summed E-state index contributed by atoms with van der Waals surface area (Å²) in [5.41, 5.74) is 5.31. The summed E-state index contributed by atoms with van der Waals surface area (Å²) < 4.78 is 23.6. The molecule has 0 aromatic heterocycles. The molecular formula is C21H23FN2O4. The molecule has 2 amide bonds. The number of amides is 2. The first-order valence-corrected chi connectivity index (χ1v) is 9.09. The number of hydrazine groups is 1. The minimum atomic E-state index is -0.765. The molecule has 7 heteroatoms. The number of benzene rings is 2. The van der Waals surface area contributed by atoms with Crippen LogP contribution in [0.1, 0.15) is 41.6 Å². The van der Waals surface area contributed by atoms with Crippen molar-refractivity contribution in [3.05, 3.63) is 59.4 Å². The third-order valence-corrected chi connectivity index (χ3v) is 5.22. The zero-order valence-electron chi connectivity index (χ0n) is 15.9. The Morgan fingerprint density at radius 3 is 2.18 bits per heavy atom. The summed E-state index contributed by atoms with van der Waals surface area (Å²) in [7, 11) is 2.99. The second-order valence-corrected chi connectivity index (χ2v) is 6.77. The van der Waals surface area contributed by atoms with E-state index in [4.69, 9.17) is 9.47 Å². The van der Waals surface area contributed by atoms with Crippen LogP contribution in [0.25, 0.3) is 0 Å². The lowest BCUT2D eigenvalue weighted by Crippen LogP contribution is -2.50. The topological polar surface area (TPSA) is 76.7 Å². The van der Waals surface area contributed by atoms with E-state index in [1.807, 2.05) is 0 Å². The van der Waals surface area contributed by atoms with Gasteiger partial charge in [-0.1, -0.05) is 25.0 Å². The van der Waals surface area contributed by atoms with Gasteiger partial charge in [-0.25, -0.2) is 4.39 Å². The van der Waals surface area contributed by atoms with E-state index in [-0.39, 0.29) is 11.7 Å². The number of ether oxygens (including phenoxy) is 2. The average Bonchev–Trinajstić information content (AvgIpc) is 3.22. The molecule has 2 N–H and O–H groups in total. The SMILES string of the molecule is COc1ccc(C(=O)NNC(=O)C2(c3ccc(F)cc3)CCCC2)cc1OC. The lowest BCUT2D eigenvalue weighted by Gasteiger charge is -2.28. The van der Waals surface area contributed by atoms with E-state index < -0.39 is 11.3 Å². The number of hydrogen-bond acceptors (Lipinski definition) is 4. The highest BCUT2D eigenvalue weighted by Crippen LogP contribution is 2.41. The van der Waals surface area contributed by atoms with Gasteiger partial charge in [-0.15, -0.1) is 0 Å². The quantitative estimate of drug-likeness (QED) is 0.774. The van der Waals surface area contributed by atoms with E-state index in [1.165, 1.54) is 32.4 Å². The number of carbonyl (C=O) groups excluding carboxylic acids is 2. The van der Waals surface area contributed by atoms with Gasteiger partial charge in [0.15, 0.2) is 11.5 Å². The Balaban J connectivity index is 1.73. The minimum absolute atomic E-state index is 0.301. The number of carbonyl (C=O) groups is 2. The zero-order valence-corrected chi connectivity index (χ0v) is 15.9. The fraction of sp³-hybridized carbons (Fsp3) is 0.333. The fourth-order valence-corrected chi connectivity index (χ4v) is 3.68. The molecule has 6 nitrogen and oxygen atoms in total. The maximum absolute atomic E-state index is 13.3. The van der Waals surface area contributed by atoms with Crippen molar-refractivity contribution in [1.82, 2.24) is 10.9 Å². The van der Waals surface area contributed by atoms with Crippen molar-refractivity contribution in [1.29, 1.82) is 0 Å². The van der Waals surface area contributed by atoms with Gasteiger partial charge in [0.05, 0.1) is 19.6 Å². The molecule has 0 spiro atoms. The van der Waals surface area contributed by atoms with E-state index in [0.717, 1.165) is 18.4 Å². The highest BCUT2D eigenvalue weighted by Gasteiger charge is 2.42. The Bertz CT molecular complexity index is 861. The van der Waals surface area contributed by atoms with E-state index in [0.29, 0.717) is 29.9 Å². The van der Waals surface area contributed by atoms with Crippen molar-refractivity contribution in [2.24, 2.45) is 0 Å². The zero-order chi connectivity index (χ0) is 20.1. The van der Waals surface area contributed by atoms with Gasteiger partial charge in [-0.2, -0.15) is 0 Å². The number of nitrogens with one attached hydrogen (secondary N) is 2. The molecular weight excluding hydrogens is 363 g/mol. The standard InChI is InChI=1S/C21H23FN2O4/c1-27-17-10-5-14(13-18(17)28-2)19(25)23-24-20(26)21(11-3-4-12-21)15-6-8-16(22)9-7-15/h5-10,13H,3-4,11-12H2,1-2H3,(H,23,25)(H,24,26). The van der Waals surface area contributed by atoms with Gasteiger partial charge in [0, 0.05) is 5.56 Å². The van der Waals surface area contributed by atoms with Gasteiger partial charge in [0.1, 0.15) is 5.82 Å². The Morgan fingerprint density at radius 1 is 0.929 bits per heavy atom. The van der Waals surface area contributed by atoms with Crippen LogP contribution in [0.15, 0.2) is 42.5 Å². The average molecular weight is 386 g/mol. The number of methoxy groups -OCH3 is 2. The summed E-state index contributed by atoms with van der Waals surface area (Å²) in [5.74, 6) is -0.199. The van der Waals surface area contributed by atoms with Gasteiger partial charge >= 0.3 is 0 Å². The molecule has 0 aliphatic heterocycles. The molecule has 2 aromatic carbocycles. The summed E-state index contributed by atoms with van der Waals surface area (Å²) in [5, 5.41) is 0. The van der Waals surface area contributed by atoms with Crippen molar-refractivity contribution in [2.45, 2.75) is 31.1 Å². The number of hydrogen-bond donors (Lipinski definition) is 2. The van der Waals surface area contributed by atoms with Crippen molar-refractivity contribution in [2.75, 3.05) is 14.2 Å². The van der Waals surface area contributed by atoms with Crippen molar-refractivity contribution < 1.29 is 23.5 Å². The molecule has 1 aliphatic carbocycles. The van der Waals surface area contributed by atoms with Gasteiger partial charge in [0.2, 0.25) is 5.91 Å². The van der Waals surface area contributed by atoms with Crippen LogP contribution >= 0.6 is 0 Å². The summed E-state index contributed by atoms with van der Waals surface area (Å²) in [6.07, 6.45) is 3.09. The predicted molar refractivity (Wildman–Crippen MR) is 102 cm³/mol. The van der Waals surface area contributed by atoms with Crippen LogP contribution in [-0.4, -0.2) is 26.0 Å². The summed E-state index contributed by atoms with van der Waals surface area (Å²) in [6.45, 7) is 0. The lowest BCUT2D eigenvalue weighted by atomic mass is 9.78. The molecule has 0 saturated heterocycles. The van der Waals surface area contributed by atoms with Gasteiger partial charge in [-0.3, -0.25) is 20.4 Å². The van der Waals surface area contributed by atoms with Gasteiger partial charge in [-0.05, 0) is 48.7 Å². The maximum atomic E-state index is 13.3. The Labute approximate surface area is 163 Å². The number of halogens is 1. The van der Waals surface area contributed by atoms with Crippen molar-refractivity contribution >= 4 is 11.8 Å². The normalized spacial score (nSPS) is 15.0. The molecule has 0 bridgehead atoms. The molecule has 1 fully saturated rings. The van der Waals surface area contributed by atoms with E-state index in [9.17, 15) is 14.0 Å². The maximum Gasteiger partial charge on any atom is 0.269 e. The molecule has 0 heterocycles. The molecule has 3 rings (SSSR count). The molecule has 0 unspecified atom stereocenters. The predicted octanol–water partition coefficient (Wildman–Crippen LogP) is 3.12. The highest BCUT2D eigenvalue weighted by molar-refractivity contribution is 5.97. The van der Waals surface area contributed by atoms with Crippen LogP contribution in [-0.2, 0) is 10.2 Å². The summed E-state index contributed by atoms with van der Waals surface area (Å²) in [4.78, 5) is 25.4. The van der Waals surface area contributed by atoms with E-state index >= 15 is 0 Å². The smallest absolute Gasteiger partial charge is 0.269 e. The second-order valence-electron chi connectivity index (χ2n) is 6.77. The van der Waals surface area contributed by atoms with Crippen LogP contribution in [0.4, 0.5) is 4.39 Å². The molecule has 0 radical (unpaired) electrons. The molecule has 1 aliphatic rings. The van der Waals surface area contributed by atoms with Crippen molar-refractivity contribution in [3.63, 3.8) is 0 Å². The first kappa shape index (κ1) is 19.7. The lowest BCUT2D eigenvalue weighted by molar-refractivity contribution is -0.127. The molecule has 148 valence electrons. The Morgan fingerprint density at radius 2 is 1.57 bits per heavy atom. The molecule has 0 atom stereocenters. The Hall–Kier alpha value is -3.09. The van der Waals surface area contributed by atoms with Crippen LogP contribution in [0.3, 0.4) is 0 Å². The van der Waals surface area contributed by atoms with Crippen LogP contribution in [0.2, 0.25) is 0 Å². The van der Waals surface area contributed by atoms with E-state index in [2.05, 4.69) is 10.9 Å². The first-order chi connectivity index (χ1) is 13.5. The largest absolute Gasteiger partial charge is 0.493 e. The third kappa shape index (κ3) is 3.78. The third-order valence-electron chi connectivity index (χ3n) is 5.22. The summed E-state index contributed by atoms with van der Waals surface area (Å²) in [6, 6.07) is 10.7. The first-order valence-electron chi connectivity index (χ1n) is 9.09. The monoisotopic (exact) mass is 386 g/mol. The minimum Gasteiger partial charge on any atom is -0.493 e. The van der Waals surface area contributed by atoms with Crippen molar-refractivity contribution in [3.8, 4) is 11.5 Å². The van der Waals surface area contributed by atoms with Gasteiger partial charge < -0.3 is 9.47 Å². The van der Waals surface area contributed by atoms with Crippen LogP contribution in [0, 0.1) is 5.82 Å². The Kier molecular flexibility index (Phi) is 5.82. The van der Waals surface area contributed by atoms with E-state index in [1.54, 1.807) is 24.3 Å². The van der Waals surface area contributed by atoms with Crippen LogP contribution in [0.5, 0.6) is 11.5 Å².